The second kappa shape index (κ2) is 12.8. The molecule has 1 fully saturated rings. The van der Waals surface area contributed by atoms with E-state index in [2.05, 4.69) is 5.32 Å². The number of alkyl halides is 3. The van der Waals surface area contributed by atoms with E-state index in [0.717, 1.165) is 32.1 Å². The van der Waals surface area contributed by atoms with Crippen molar-refractivity contribution in [2.24, 2.45) is 11.8 Å². The largest absolute Gasteiger partial charge is 0.491 e. The summed E-state index contributed by atoms with van der Waals surface area (Å²) in [7, 11) is 3.16. The van der Waals surface area contributed by atoms with E-state index in [0.29, 0.717) is 6.54 Å². The van der Waals surface area contributed by atoms with Gasteiger partial charge in [0.1, 0.15) is 18.8 Å². The van der Waals surface area contributed by atoms with Gasteiger partial charge >= 0.3 is 6.18 Å². The monoisotopic (exact) mass is 541 g/mol. The summed E-state index contributed by atoms with van der Waals surface area (Å²) in [5, 5.41) is 2.20. The third kappa shape index (κ3) is 7.85. The van der Waals surface area contributed by atoms with Crippen LogP contribution < -0.4 is 10.1 Å². The molecule has 38 heavy (non-hydrogen) atoms. The molecule has 3 rings (SSSR count). The van der Waals surface area contributed by atoms with Crippen LogP contribution in [0.2, 0.25) is 0 Å². The molecule has 1 N–H and O–H groups in total. The third-order valence-corrected chi connectivity index (χ3v) is 7.33. The van der Waals surface area contributed by atoms with Crippen LogP contribution in [0.3, 0.4) is 0 Å². The molecule has 3 amide bonds. The molecule has 0 bridgehead atoms. The van der Waals surface area contributed by atoms with E-state index >= 15 is 0 Å². The molecule has 1 aliphatic carbocycles. The summed E-state index contributed by atoms with van der Waals surface area (Å²) in [5.74, 6) is -1.44. The Morgan fingerprint density at radius 3 is 2.45 bits per heavy atom. The molecule has 3 atom stereocenters. The van der Waals surface area contributed by atoms with Gasteiger partial charge in [-0.15, -0.1) is 0 Å². The number of hydrogen-bond acceptors (Lipinski definition) is 5. The van der Waals surface area contributed by atoms with Gasteiger partial charge in [-0.3, -0.25) is 14.4 Å². The molecule has 0 unspecified atom stereocenters. The fourth-order valence-electron chi connectivity index (χ4n) is 5.13. The van der Waals surface area contributed by atoms with Crippen molar-refractivity contribution in [1.29, 1.82) is 0 Å². The predicted molar refractivity (Wildman–Crippen MR) is 136 cm³/mol. The lowest BCUT2D eigenvalue weighted by molar-refractivity contribution is -0.150. The summed E-state index contributed by atoms with van der Waals surface area (Å²) in [5.41, 5.74) is 0.145. The number of nitrogens with zero attached hydrogens (tertiary/aromatic N) is 2. The minimum atomic E-state index is -4.65. The van der Waals surface area contributed by atoms with Crippen molar-refractivity contribution >= 4 is 23.4 Å². The molecule has 1 aliphatic heterocycles. The molecule has 0 radical (unpaired) electrons. The Hall–Kier alpha value is -2.82. The SMILES string of the molecule is CO[C@H]1CN(C)C(=O)c2cc(NC(=O)CC(F)(F)F)ccc2OC[C@@H](C)N(C(=O)C2CCCCC2)C[C@@H]1C. The summed E-state index contributed by atoms with van der Waals surface area (Å²) >= 11 is 0. The summed E-state index contributed by atoms with van der Waals surface area (Å²) in [6.45, 7) is 4.68. The zero-order valence-electron chi connectivity index (χ0n) is 22.5. The van der Waals surface area contributed by atoms with Crippen LogP contribution in [0.15, 0.2) is 18.2 Å². The first-order valence-corrected chi connectivity index (χ1v) is 13.1. The number of methoxy groups -OCH3 is 1. The maximum absolute atomic E-state index is 13.6. The van der Waals surface area contributed by atoms with Gasteiger partial charge in [0.2, 0.25) is 11.8 Å². The fourth-order valence-corrected chi connectivity index (χ4v) is 5.13. The van der Waals surface area contributed by atoms with Crippen LogP contribution in [0.4, 0.5) is 18.9 Å². The zero-order valence-corrected chi connectivity index (χ0v) is 22.5. The minimum Gasteiger partial charge on any atom is -0.491 e. The molecule has 1 aromatic rings. The van der Waals surface area contributed by atoms with Gasteiger partial charge in [-0.25, -0.2) is 0 Å². The quantitative estimate of drug-likeness (QED) is 0.607. The molecular weight excluding hydrogens is 503 g/mol. The lowest BCUT2D eigenvalue weighted by atomic mass is 9.87. The third-order valence-electron chi connectivity index (χ3n) is 7.33. The Kier molecular flexibility index (Phi) is 10.0. The first-order valence-electron chi connectivity index (χ1n) is 13.1. The van der Waals surface area contributed by atoms with Crippen molar-refractivity contribution in [2.75, 3.05) is 39.2 Å². The first kappa shape index (κ1) is 29.7. The summed E-state index contributed by atoms with van der Waals surface area (Å²) in [6, 6.07) is 3.86. The van der Waals surface area contributed by atoms with Gasteiger partial charge in [-0.2, -0.15) is 13.2 Å². The van der Waals surface area contributed by atoms with E-state index < -0.39 is 24.4 Å². The molecule has 1 aromatic carbocycles. The van der Waals surface area contributed by atoms with Crippen LogP contribution in [0, 0.1) is 11.8 Å². The number of hydrogen-bond donors (Lipinski definition) is 1. The van der Waals surface area contributed by atoms with Crippen molar-refractivity contribution in [3.63, 3.8) is 0 Å². The van der Waals surface area contributed by atoms with Crippen molar-refractivity contribution in [3.05, 3.63) is 23.8 Å². The Balaban J connectivity index is 1.91. The molecule has 0 aromatic heterocycles. The molecule has 0 saturated heterocycles. The van der Waals surface area contributed by atoms with Crippen LogP contribution in [0.1, 0.15) is 62.7 Å². The standard InChI is InChI=1S/C27H38F3N3O5/c1-17-14-33(25(35)19-8-6-5-7-9-19)18(2)16-38-22-11-10-20(31-24(34)13-27(28,29)30)12-21(22)26(36)32(3)15-23(17)37-4/h10-12,17-19,23H,5-9,13-16H2,1-4H3,(H,31,34)/t17-,18+,23-/m0/s1. The number of ether oxygens (including phenoxy) is 2. The van der Waals surface area contributed by atoms with Gasteiger partial charge in [0.05, 0.1) is 17.7 Å². The number of halogens is 3. The second-order valence-corrected chi connectivity index (χ2v) is 10.5. The highest BCUT2D eigenvalue weighted by Gasteiger charge is 2.34. The Morgan fingerprint density at radius 1 is 1.13 bits per heavy atom. The summed E-state index contributed by atoms with van der Waals surface area (Å²) in [6.07, 6.45) is -1.70. The van der Waals surface area contributed by atoms with Gasteiger partial charge in [-0.1, -0.05) is 26.2 Å². The van der Waals surface area contributed by atoms with Gasteiger partial charge in [0.25, 0.3) is 5.91 Å². The number of nitrogens with one attached hydrogen (secondary N) is 1. The van der Waals surface area contributed by atoms with Crippen LogP contribution in [-0.4, -0.2) is 79.7 Å². The number of fused-ring (bicyclic) bond motifs is 1. The normalized spacial score (nSPS) is 24.1. The Bertz CT molecular complexity index is 997. The highest BCUT2D eigenvalue weighted by Crippen LogP contribution is 2.30. The number of rotatable bonds is 4. The van der Waals surface area contributed by atoms with Crippen molar-refractivity contribution in [2.45, 2.75) is 70.7 Å². The van der Waals surface area contributed by atoms with Crippen LogP contribution in [-0.2, 0) is 14.3 Å². The van der Waals surface area contributed by atoms with E-state index in [-0.39, 0.29) is 60.0 Å². The van der Waals surface area contributed by atoms with Crippen LogP contribution in [0.25, 0.3) is 0 Å². The predicted octanol–water partition coefficient (Wildman–Crippen LogP) is 4.49. The van der Waals surface area contributed by atoms with Gasteiger partial charge in [-0.05, 0) is 38.0 Å². The number of benzene rings is 1. The minimum absolute atomic E-state index is 0.0216. The maximum atomic E-state index is 13.6. The zero-order chi connectivity index (χ0) is 28.0. The lowest BCUT2D eigenvalue weighted by Crippen LogP contribution is -2.50. The smallest absolute Gasteiger partial charge is 0.397 e. The molecule has 11 heteroatoms. The first-order chi connectivity index (χ1) is 17.9. The Labute approximate surface area is 221 Å². The van der Waals surface area contributed by atoms with Gasteiger partial charge < -0.3 is 24.6 Å². The highest BCUT2D eigenvalue weighted by atomic mass is 19.4. The van der Waals surface area contributed by atoms with Crippen LogP contribution in [0.5, 0.6) is 5.75 Å². The number of likely N-dealkylation sites (N-methyl/N-ethyl adjacent to an activating group) is 1. The molecule has 8 nitrogen and oxygen atoms in total. The summed E-state index contributed by atoms with van der Waals surface area (Å²) in [4.78, 5) is 42.1. The average Bonchev–Trinajstić information content (AvgIpc) is 2.87. The van der Waals surface area contributed by atoms with Crippen molar-refractivity contribution in [1.82, 2.24) is 9.80 Å². The molecule has 1 heterocycles. The molecular formula is C27H38F3N3O5. The molecule has 0 spiro atoms. The lowest BCUT2D eigenvalue weighted by Gasteiger charge is -2.38. The second-order valence-electron chi connectivity index (χ2n) is 10.5. The van der Waals surface area contributed by atoms with Crippen molar-refractivity contribution in [3.8, 4) is 5.75 Å². The van der Waals surface area contributed by atoms with E-state index in [1.807, 2.05) is 18.7 Å². The molecule has 212 valence electrons. The van der Waals surface area contributed by atoms with E-state index in [9.17, 15) is 27.6 Å². The van der Waals surface area contributed by atoms with Crippen molar-refractivity contribution < 1.29 is 37.0 Å². The number of amides is 3. The fraction of sp³-hybridized carbons (Fsp3) is 0.667. The number of carbonyl (C=O) groups is 3. The molecule has 2 aliphatic rings. The van der Waals surface area contributed by atoms with Gasteiger partial charge in [0, 0.05) is 44.8 Å². The van der Waals surface area contributed by atoms with Gasteiger partial charge in [0.15, 0.2) is 0 Å². The maximum Gasteiger partial charge on any atom is 0.397 e. The van der Waals surface area contributed by atoms with Crippen LogP contribution >= 0.6 is 0 Å². The summed E-state index contributed by atoms with van der Waals surface area (Å²) < 4.78 is 49.6. The average molecular weight is 542 g/mol. The number of carbonyl (C=O) groups excluding carboxylic acids is 3. The molecule has 1 saturated carbocycles. The van der Waals surface area contributed by atoms with E-state index in [4.69, 9.17) is 9.47 Å². The topological polar surface area (TPSA) is 88.2 Å². The number of anilines is 1. The Morgan fingerprint density at radius 2 is 1.82 bits per heavy atom. The highest BCUT2D eigenvalue weighted by molar-refractivity contribution is 5.99. The van der Waals surface area contributed by atoms with E-state index in [1.165, 1.54) is 23.1 Å². The van der Waals surface area contributed by atoms with E-state index in [1.54, 1.807) is 14.2 Å².